The van der Waals surface area contributed by atoms with E-state index >= 15 is 0 Å². The fourth-order valence-electron chi connectivity index (χ4n) is 1.53. The fraction of sp³-hybridized carbons (Fsp3) is 0.538. The first-order valence-corrected chi connectivity index (χ1v) is 5.98. The molecule has 4 nitrogen and oxygen atoms in total. The Labute approximate surface area is 106 Å². The number of nitrogens with zero attached hydrogens (tertiary/aromatic N) is 1. The average molecular weight is 254 g/mol. The highest BCUT2D eigenvalue weighted by Gasteiger charge is 2.27. The van der Waals surface area contributed by atoms with Crippen molar-refractivity contribution in [3.8, 4) is 0 Å². The van der Waals surface area contributed by atoms with Crippen LogP contribution >= 0.6 is 0 Å². The topological polar surface area (TPSA) is 62.2 Å². The molecule has 0 bridgehead atoms. The van der Waals surface area contributed by atoms with Crippen LogP contribution in [0.15, 0.2) is 18.5 Å². The van der Waals surface area contributed by atoms with Crippen molar-refractivity contribution in [3.05, 3.63) is 29.8 Å². The first-order valence-electron chi connectivity index (χ1n) is 5.98. The van der Waals surface area contributed by atoms with Gasteiger partial charge in [-0.15, -0.1) is 0 Å². The maximum atomic E-state index is 13.3. The van der Waals surface area contributed by atoms with Gasteiger partial charge in [0.25, 0.3) is 5.91 Å². The molecule has 1 amide bonds. The van der Waals surface area contributed by atoms with Gasteiger partial charge >= 0.3 is 0 Å². The van der Waals surface area contributed by atoms with E-state index in [-0.39, 0.29) is 18.0 Å². The summed E-state index contributed by atoms with van der Waals surface area (Å²) in [7, 11) is 0. The van der Waals surface area contributed by atoms with E-state index in [0.717, 1.165) is 12.6 Å². The molecule has 5 heteroatoms. The van der Waals surface area contributed by atoms with Gasteiger partial charge < -0.3 is 10.4 Å². The van der Waals surface area contributed by atoms with Gasteiger partial charge in [-0.1, -0.05) is 20.3 Å². The molecule has 0 aromatic carbocycles. The summed E-state index contributed by atoms with van der Waals surface area (Å²) in [5.41, 5.74) is -1.07. The Morgan fingerprint density at radius 2 is 2.33 bits per heavy atom. The summed E-state index contributed by atoms with van der Waals surface area (Å²) in [6.45, 7) is 5.61. The minimum Gasteiger partial charge on any atom is -0.388 e. The standard InChI is InChI=1S/C13H19FN2O2/c1-4-9(2)13(3,18)8-16-12(17)10-5-6-15-7-11(10)14/h5-7,9,18H,4,8H2,1-3H3,(H,16,17)/t9-,13-/m0/s1. The second-order valence-electron chi connectivity index (χ2n) is 4.70. The SMILES string of the molecule is CC[C@H](C)[C@@](C)(O)CNC(=O)c1ccncc1F. The van der Waals surface area contributed by atoms with Crippen LogP contribution in [0.25, 0.3) is 0 Å². The lowest BCUT2D eigenvalue weighted by atomic mass is 9.88. The summed E-state index contributed by atoms with van der Waals surface area (Å²) in [4.78, 5) is 15.3. The smallest absolute Gasteiger partial charge is 0.254 e. The van der Waals surface area contributed by atoms with Crippen LogP contribution in [0.3, 0.4) is 0 Å². The van der Waals surface area contributed by atoms with Crippen molar-refractivity contribution in [1.82, 2.24) is 10.3 Å². The Morgan fingerprint density at radius 3 is 2.89 bits per heavy atom. The maximum Gasteiger partial charge on any atom is 0.254 e. The van der Waals surface area contributed by atoms with E-state index in [4.69, 9.17) is 0 Å². The molecule has 1 aromatic heterocycles. The number of aliphatic hydroxyl groups is 1. The number of carbonyl (C=O) groups is 1. The van der Waals surface area contributed by atoms with Crippen LogP contribution in [0.2, 0.25) is 0 Å². The highest BCUT2D eigenvalue weighted by molar-refractivity contribution is 5.94. The fourth-order valence-corrected chi connectivity index (χ4v) is 1.53. The molecule has 0 aliphatic carbocycles. The zero-order chi connectivity index (χ0) is 13.8. The van der Waals surface area contributed by atoms with Crippen molar-refractivity contribution in [1.29, 1.82) is 0 Å². The zero-order valence-electron chi connectivity index (χ0n) is 10.9. The number of hydrogen-bond acceptors (Lipinski definition) is 3. The highest BCUT2D eigenvalue weighted by Crippen LogP contribution is 2.19. The van der Waals surface area contributed by atoms with E-state index in [1.807, 2.05) is 13.8 Å². The Kier molecular flexibility index (Phi) is 4.78. The van der Waals surface area contributed by atoms with Gasteiger partial charge in [0.1, 0.15) is 0 Å². The molecule has 0 saturated heterocycles. The molecule has 0 aliphatic rings. The summed E-state index contributed by atoms with van der Waals surface area (Å²) < 4.78 is 13.3. The molecule has 100 valence electrons. The molecule has 0 saturated carbocycles. The second kappa shape index (κ2) is 5.91. The third-order valence-corrected chi connectivity index (χ3v) is 3.30. The molecule has 1 rings (SSSR count). The summed E-state index contributed by atoms with van der Waals surface area (Å²) in [6.07, 6.45) is 3.14. The first-order chi connectivity index (χ1) is 8.38. The highest BCUT2D eigenvalue weighted by atomic mass is 19.1. The number of pyridine rings is 1. The van der Waals surface area contributed by atoms with Gasteiger partial charge in [0.15, 0.2) is 5.82 Å². The molecular weight excluding hydrogens is 235 g/mol. The van der Waals surface area contributed by atoms with E-state index < -0.39 is 17.3 Å². The van der Waals surface area contributed by atoms with Crippen LogP contribution in [0, 0.1) is 11.7 Å². The molecule has 0 aliphatic heterocycles. The van der Waals surface area contributed by atoms with Crippen molar-refractivity contribution in [2.75, 3.05) is 6.54 Å². The van der Waals surface area contributed by atoms with Crippen LogP contribution in [-0.4, -0.2) is 28.1 Å². The van der Waals surface area contributed by atoms with Crippen LogP contribution in [0.1, 0.15) is 37.6 Å². The monoisotopic (exact) mass is 254 g/mol. The average Bonchev–Trinajstić information content (AvgIpc) is 2.35. The minimum atomic E-state index is -1.01. The lowest BCUT2D eigenvalue weighted by Crippen LogP contribution is -2.45. The zero-order valence-corrected chi connectivity index (χ0v) is 10.9. The Morgan fingerprint density at radius 1 is 1.67 bits per heavy atom. The number of rotatable bonds is 5. The summed E-state index contributed by atoms with van der Waals surface area (Å²) >= 11 is 0. The van der Waals surface area contributed by atoms with Crippen molar-refractivity contribution in [2.24, 2.45) is 5.92 Å². The number of aromatic nitrogens is 1. The van der Waals surface area contributed by atoms with Crippen molar-refractivity contribution < 1.29 is 14.3 Å². The molecule has 0 spiro atoms. The molecule has 0 radical (unpaired) electrons. The van der Waals surface area contributed by atoms with Crippen molar-refractivity contribution in [2.45, 2.75) is 32.8 Å². The van der Waals surface area contributed by atoms with Crippen LogP contribution < -0.4 is 5.32 Å². The van der Waals surface area contributed by atoms with Gasteiger partial charge in [0.05, 0.1) is 17.4 Å². The van der Waals surface area contributed by atoms with Gasteiger partial charge in [-0.05, 0) is 18.9 Å². The normalized spacial score (nSPS) is 15.8. The van der Waals surface area contributed by atoms with Crippen molar-refractivity contribution >= 4 is 5.91 Å². The molecule has 0 fully saturated rings. The quantitative estimate of drug-likeness (QED) is 0.841. The molecular formula is C13H19FN2O2. The van der Waals surface area contributed by atoms with E-state index in [9.17, 15) is 14.3 Å². The number of halogens is 1. The predicted octanol–water partition coefficient (Wildman–Crippen LogP) is 1.75. The lowest BCUT2D eigenvalue weighted by Gasteiger charge is -2.29. The lowest BCUT2D eigenvalue weighted by molar-refractivity contribution is 0.00588. The van der Waals surface area contributed by atoms with Gasteiger partial charge in [0.2, 0.25) is 0 Å². The predicted molar refractivity (Wildman–Crippen MR) is 66.6 cm³/mol. The molecule has 2 N–H and O–H groups in total. The van der Waals surface area contributed by atoms with E-state index in [2.05, 4.69) is 10.3 Å². The van der Waals surface area contributed by atoms with Gasteiger partial charge in [0, 0.05) is 12.7 Å². The van der Waals surface area contributed by atoms with E-state index in [1.165, 1.54) is 12.3 Å². The minimum absolute atomic E-state index is 0.0417. The molecule has 0 unspecified atom stereocenters. The Bertz CT molecular complexity index is 421. The van der Waals surface area contributed by atoms with Gasteiger partial charge in [-0.25, -0.2) is 4.39 Å². The van der Waals surface area contributed by atoms with E-state index in [1.54, 1.807) is 6.92 Å². The number of carbonyl (C=O) groups excluding carboxylic acids is 1. The first kappa shape index (κ1) is 14.6. The van der Waals surface area contributed by atoms with Crippen LogP contribution in [-0.2, 0) is 0 Å². The maximum absolute atomic E-state index is 13.3. The van der Waals surface area contributed by atoms with E-state index in [0.29, 0.717) is 0 Å². The molecule has 1 aromatic rings. The van der Waals surface area contributed by atoms with Crippen molar-refractivity contribution in [3.63, 3.8) is 0 Å². The molecule has 18 heavy (non-hydrogen) atoms. The van der Waals surface area contributed by atoms with Gasteiger partial charge in [-0.3, -0.25) is 9.78 Å². The summed E-state index contributed by atoms with van der Waals surface area (Å²) in [5.74, 6) is -1.17. The number of nitrogens with one attached hydrogen (secondary N) is 1. The number of amides is 1. The summed E-state index contributed by atoms with van der Waals surface area (Å²) in [6, 6.07) is 1.31. The Hall–Kier alpha value is -1.49. The third-order valence-electron chi connectivity index (χ3n) is 3.30. The van der Waals surface area contributed by atoms with Gasteiger partial charge in [-0.2, -0.15) is 0 Å². The molecule has 2 atom stereocenters. The third kappa shape index (κ3) is 3.50. The summed E-state index contributed by atoms with van der Waals surface area (Å²) in [5, 5.41) is 12.7. The number of hydrogen-bond donors (Lipinski definition) is 2. The second-order valence-corrected chi connectivity index (χ2v) is 4.70. The Balaban J connectivity index is 2.65. The van der Waals surface area contributed by atoms with Crippen LogP contribution in [0.4, 0.5) is 4.39 Å². The largest absolute Gasteiger partial charge is 0.388 e. The van der Waals surface area contributed by atoms with Crippen LogP contribution in [0.5, 0.6) is 0 Å². The molecule has 1 heterocycles.